The van der Waals surface area contributed by atoms with E-state index in [2.05, 4.69) is 6.92 Å². The van der Waals surface area contributed by atoms with Crippen molar-refractivity contribution in [2.45, 2.75) is 77.0 Å². The molecule has 2 aromatic rings. The maximum absolute atomic E-state index is 15.0. The molecule has 4 heteroatoms. The summed E-state index contributed by atoms with van der Waals surface area (Å²) in [6, 6.07) is 10.8. The Balaban J connectivity index is 1.56. The molecule has 0 spiro atoms. The average Bonchev–Trinajstić information content (AvgIpc) is 2.82. The summed E-state index contributed by atoms with van der Waals surface area (Å²) in [6.07, 6.45) is 10.9. The van der Waals surface area contributed by atoms with E-state index >= 15 is 0 Å². The molecule has 1 aliphatic rings. The highest BCUT2D eigenvalue weighted by molar-refractivity contribution is 5.65. The van der Waals surface area contributed by atoms with Crippen LogP contribution in [0.5, 0.6) is 5.75 Å². The molecule has 0 heterocycles. The predicted octanol–water partition coefficient (Wildman–Crippen LogP) is 8.29. The van der Waals surface area contributed by atoms with Gasteiger partial charge in [-0.25, -0.2) is 8.78 Å². The Bertz CT molecular complexity index is 811. The topological polar surface area (TPSA) is 18.5 Å². The summed E-state index contributed by atoms with van der Waals surface area (Å²) in [5.41, 5.74) is 1.54. The summed E-state index contributed by atoms with van der Waals surface area (Å²) >= 11 is 0. The molecule has 2 nitrogen and oxygen atoms in total. The lowest BCUT2D eigenvalue weighted by molar-refractivity contribution is 0.191. The van der Waals surface area contributed by atoms with E-state index < -0.39 is 11.6 Å². The average molecular weight is 445 g/mol. The van der Waals surface area contributed by atoms with Gasteiger partial charge in [0.2, 0.25) is 0 Å². The molecule has 2 aromatic carbocycles. The summed E-state index contributed by atoms with van der Waals surface area (Å²) < 4.78 is 40.8. The zero-order chi connectivity index (χ0) is 22.8. The molecular weight excluding hydrogens is 406 g/mol. The fourth-order valence-electron chi connectivity index (χ4n) is 4.90. The Morgan fingerprint density at radius 1 is 0.812 bits per heavy atom. The maximum Gasteiger partial charge on any atom is 0.166 e. The number of methoxy groups -OCH3 is 1. The SMILES string of the molecule is CCCC1CCC(c2ccc(-c3ccc(OCCCCCCOC)cc3)c(F)c2F)CC1. The lowest BCUT2D eigenvalue weighted by Crippen LogP contribution is -2.14. The van der Waals surface area contributed by atoms with E-state index in [4.69, 9.17) is 9.47 Å². The molecule has 0 atom stereocenters. The highest BCUT2D eigenvalue weighted by atomic mass is 19.2. The Hall–Kier alpha value is -1.94. The third-order valence-corrected chi connectivity index (χ3v) is 6.77. The second-order valence-electron chi connectivity index (χ2n) is 9.12. The molecule has 0 saturated heterocycles. The van der Waals surface area contributed by atoms with Gasteiger partial charge in [-0.05, 0) is 80.0 Å². The Morgan fingerprint density at radius 3 is 2.16 bits per heavy atom. The second-order valence-corrected chi connectivity index (χ2v) is 9.12. The van der Waals surface area contributed by atoms with E-state index in [1.165, 1.54) is 12.8 Å². The Kier molecular flexibility index (Phi) is 9.98. The number of unbranched alkanes of at least 4 members (excludes halogenated alkanes) is 3. The van der Waals surface area contributed by atoms with Crippen molar-refractivity contribution in [3.8, 4) is 16.9 Å². The van der Waals surface area contributed by atoms with Crippen LogP contribution in [0.1, 0.15) is 82.6 Å². The molecule has 176 valence electrons. The number of halogens is 2. The van der Waals surface area contributed by atoms with E-state index in [-0.39, 0.29) is 5.92 Å². The molecule has 0 aromatic heterocycles. The van der Waals surface area contributed by atoms with Crippen LogP contribution in [0.3, 0.4) is 0 Å². The van der Waals surface area contributed by atoms with E-state index in [0.717, 1.165) is 69.6 Å². The van der Waals surface area contributed by atoms with Crippen LogP contribution >= 0.6 is 0 Å². The number of hydrogen-bond donors (Lipinski definition) is 0. The van der Waals surface area contributed by atoms with Gasteiger partial charge in [-0.2, -0.15) is 0 Å². The summed E-state index contributed by atoms with van der Waals surface area (Å²) in [7, 11) is 1.72. The first-order valence-corrected chi connectivity index (χ1v) is 12.3. The van der Waals surface area contributed by atoms with Gasteiger partial charge in [0.05, 0.1) is 6.61 Å². The molecule has 0 N–H and O–H groups in total. The summed E-state index contributed by atoms with van der Waals surface area (Å²) in [4.78, 5) is 0. The first-order chi connectivity index (χ1) is 15.6. The molecule has 0 radical (unpaired) electrons. The molecule has 0 amide bonds. The first kappa shape index (κ1) is 24.7. The van der Waals surface area contributed by atoms with Crippen LogP contribution in [0.15, 0.2) is 36.4 Å². The van der Waals surface area contributed by atoms with Crippen LogP contribution in [0.4, 0.5) is 8.78 Å². The summed E-state index contributed by atoms with van der Waals surface area (Å²) in [5.74, 6) is 0.238. The fourth-order valence-corrected chi connectivity index (χ4v) is 4.90. The minimum absolute atomic E-state index is 0.136. The van der Waals surface area contributed by atoms with Crippen LogP contribution in [0, 0.1) is 17.6 Å². The molecule has 1 fully saturated rings. The number of benzene rings is 2. The lowest BCUT2D eigenvalue weighted by atomic mass is 9.77. The van der Waals surface area contributed by atoms with Crippen molar-refractivity contribution in [2.24, 2.45) is 5.92 Å². The standard InChI is InChI=1S/C28H38F2O2/c1-3-8-21-9-11-22(12-10-21)25-17-18-26(28(30)27(25)29)23-13-15-24(16-14-23)32-20-7-5-4-6-19-31-2/h13-18,21-22H,3-12,19-20H2,1-2H3. The molecule has 32 heavy (non-hydrogen) atoms. The number of rotatable bonds is 12. The van der Waals surface area contributed by atoms with Crippen LogP contribution in [-0.2, 0) is 4.74 Å². The van der Waals surface area contributed by atoms with E-state index in [0.29, 0.717) is 23.3 Å². The molecule has 0 aliphatic heterocycles. The zero-order valence-electron chi connectivity index (χ0n) is 19.7. The van der Waals surface area contributed by atoms with Crippen LogP contribution < -0.4 is 4.74 Å². The van der Waals surface area contributed by atoms with Gasteiger partial charge in [0, 0.05) is 19.3 Å². The maximum atomic E-state index is 15.0. The Labute approximate surface area is 192 Å². The normalized spacial score (nSPS) is 18.6. The van der Waals surface area contributed by atoms with Crippen LogP contribution in [-0.4, -0.2) is 20.3 Å². The van der Waals surface area contributed by atoms with Crippen molar-refractivity contribution in [2.75, 3.05) is 20.3 Å². The third-order valence-electron chi connectivity index (χ3n) is 6.77. The highest BCUT2D eigenvalue weighted by Gasteiger charge is 2.26. The van der Waals surface area contributed by atoms with Crippen molar-refractivity contribution in [1.29, 1.82) is 0 Å². The highest BCUT2D eigenvalue weighted by Crippen LogP contribution is 2.40. The van der Waals surface area contributed by atoms with Crippen molar-refractivity contribution in [1.82, 2.24) is 0 Å². The van der Waals surface area contributed by atoms with Crippen molar-refractivity contribution >= 4 is 0 Å². The van der Waals surface area contributed by atoms with Crippen molar-refractivity contribution < 1.29 is 18.3 Å². The number of hydrogen-bond acceptors (Lipinski definition) is 2. The summed E-state index contributed by atoms with van der Waals surface area (Å²) in [5, 5.41) is 0. The van der Waals surface area contributed by atoms with Crippen LogP contribution in [0.25, 0.3) is 11.1 Å². The van der Waals surface area contributed by atoms with Crippen LogP contribution in [0.2, 0.25) is 0 Å². The van der Waals surface area contributed by atoms with E-state index in [9.17, 15) is 8.78 Å². The van der Waals surface area contributed by atoms with E-state index in [1.54, 1.807) is 31.4 Å². The first-order valence-electron chi connectivity index (χ1n) is 12.3. The van der Waals surface area contributed by atoms with Gasteiger partial charge < -0.3 is 9.47 Å². The van der Waals surface area contributed by atoms with Crippen molar-refractivity contribution in [3.63, 3.8) is 0 Å². The predicted molar refractivity (Wildman–Crippen MR) is 127 cm³/mol. The summed E-state index contributed by atoms with van der Waals surface area (Å²) in [6.45, 7) is 3.68. The molecule has 1 aliphatic carbocycles. The van der Waals surface area contributed by atoms with E-state index in [1.807, 2.05) is 12.1 Å². The minimum atomic E-state index is -0.733. The molecule has 3 rings (SSSR count). The third kappa shape index (κ3) is 6.78. The van der Waals surface area contributed by atoms with Crippen molar-refractivity contribution in [3.05, 3.63) is 53.6 Å². The van der Waals surface area contributed by atoms with Gasteiger partial charge in [-0.3, -0.25) is 0 Å². The molecule has 1 saturated carbocycles. The largest absolute Gasteiger partial charge is 0.494 e. The minimum Gasteiger partial charge on any atom is -0.494 e. The molecular formula is C28H38F2O2. The lowest BCUT2D eigenvalue weighted by Gasteiger charge is -2.29. The quantitative estimate of drug-likeness (QED) is 0.307. The monoisotopic (exact) mass is 444 g/mol. The van der Waals surface area contributed by atoms with Gasteiger partial charge in [-0.15, -0.1) is 0 Å². The van der Waals surface area contributed by atoms with Gasteiger partial charge in [0.1, 0.15) is 5.75 Å². The van der Waals surface area contributed by atoms with Gasteiger partial charge in [-0.1, -0.05) is 50.5 Å². The molecule has 0 unspecified atom stereocenters. The van der Waals surface area contributed by atoms with Gasteiger partial charge >= 0.3 is 0 Å². The van der Waals surface area contributed by atoms with Gasteiger partial charge in [0.25, 0.3) is 0 Å². The fraction of sp³-hybridized carbons (Fsp3) is 0.571. The zero-order valence-corrected chi connectivity index (χ0v) is 19.7. The Morgan fingerprint density at radius 2 is 1.50 bits per heavy atom. The number of ether oxygens (including phenoxy) is 2. The smallest absolute Gasteiger partial charge is 0.166 e. The van der Waals surface area contributed by atoms with Gasteiger partial charge in [0.15, 0.2) is 11.6 Å². The second kappa shape index (κ2) is 12.9. The molecule has 0 bridgehead atoms.